The van der Waals surface area contributed by atoms with Gasteiger partial charge in [0.25, 0.3) is 5.56 Å². The third-order valence-electron chi connectivity index (χ3n) is 6.62. The molecule has 5 rings (SSSR count). The molecule has 0 fully saturated rings. The van der Waals surface area contributed by atoms with E-state index in [4.69, 9.17) is 32.7 Å². The van der Waals surface area contributed by atoms with Gasteiger partial charge in [0.1, 0.15) is 12.4 Å². The fourth-order valence-corrected chi connectivity index (χ4v) is 8.17. The Morgan fingerprint density at radius 2 is 1.83 bits per heavy atom. The van der Waals surface area contributed by atoms with Crippen molar-refractivity contribution in [2.24, 2.45) is 4.99 Å². The molecule has 6 nitrogen and oxygen atoms in total. The number of thiazole rings is 1. The second-order valence-corrected chi connectivity index (χ2v) is 13.8. The lowest BCUT2D eigenvalue weighted by Gasteiger charge is -2.24. The summed E-state index contributed by atoms with van der Waals surface area (Å²) in [5.74, 6) is 0.147. The van der Waals surface area contributed by atoms with Crippen molar-refractivity contribution in [3.8, 4) is 5.75 Å². The van der Waals surface area contributed by atoms with Crippen LogP contribution in [0.4, 0.5) is 0 Å². The molecule has 0 radical (unpaired) electrons. The summed E-state index contributed by atoms with van der Waals surface area (Å²) in [5, 5.41) is 1.07. The number of hydrogen-bond donors (Lipinski definition) is 0. The van der Waals surface area contributed by atoms with Crippen LogP contribution in [0.15, 0.2) is 75.7 Å². The highest BCUT2D eigenvalue weighted by molar-refractivity contribution is 14.1. The van der Waals surface area contributed by atoms with E-state index in [-0.39, 0.29) is 18.8 Å². The zero-order chi connectivity index (χ0) is 30.1. The molecule has 0 amide bonds. The van der Waals surface area contributed by atoms with Crippen LogP contribution in [-0.4, -0.2) is 17.1 Å². The lowest BCUT2D eigenvalue weighted by molar-refractivity contribution is -0.139. The van der Waals surface area contributed by atoms with E-state index in [1.54, 1.807) is 30.5 Å². The topological polar surface area (TPSA) is 69.9 Å². The summed E-state index contributed by atoms with van der Waals surface area (Å²) >= 11 is 18.2. The van der Waals surface area contributed by atoms with Gasteiger partial charge < -0.3 is 9.47 Å². The first-order chi connectivity index (χ1) is 20.1. The Morgan fingerprint density at radius 1 is 1.10 bits per heavy atom. The number of allylic oxidation sites excluding steroid dienone is 1. The average Bonchev–Trinajstić information content (AvgIpc) is 3.23. The van der Waals surface area contributed by atoms with Gasteiger partial charge in [0.15, 0.2) is 4.80 Å². The SMILES string of the molecule is CCOC(=O)C1=C(C)N=c2s/c(=C\c3cc(I)cc(I)c3OCc3ccc(Cl)cc3Cl)c(=O)n2[C@@H]1c1ccc(C)cc1. The summed E-state index contributed by atoms with van der Waals surface area (Å²) in [5.41, 5.74) is 4.05. The van der Waals surface area contributed by atoms with Crippen LogP contribution in [0.1, 0.15) is 42.1 Å². The monoisotopic (exact) mass is 844 g/mol. The molecule has 0 saturated carbocycles. The van der Waals surface area contributed by atoms with Gasteiger partial charge >= 0.3 is 5.97 Å². The van der Waals surface area contributed by atoms with Gasteiger partial charge in [-0.15, -0.1) is 0 Å². The van der Waals surface area contributed by atoms with Gasteiger partial charge in [-0.25, -0.2) is 9.79 Å². The van der Waals surface area contributed by atoms with E-state index in [0.717, 1.165) is 29.4 Å². The average molecular weight is 845 g/mol. The van der Waals surface area contributed by atoms with Gasteiger partial charge in [-0.05, 0) is 102 Å². The van der Waals surface area contributed by atoms with Crippen molar-refractivity contribution in [1.82, 2.24) is 4.57 Å². The number of carbonyl (C=O) groups is 1. The van der Waals surface area contributed by atoms with Crippen LogP contribution in [0.25, 0.3) is 6.08 Å². The fraction of sp³-hybridized carbons (Fsp3) is 0.194. The van der Waals surface area contributed by atoms with E-state index in [1.165, 1.54) is 11.3 Å². The summed E-state index contributed by atoms with van der Waals surface area (Å²) in [6.45, 7) is 5.97. The number of benzene rings is 3. The van der Waals surface area contributed by atoms with E-state index in [9.17, 15) is 9.59 Å². The number of nitrogens with zero attached hydrogens (tertiary/aromatic N) is 2. The van der Waals surface area contributed by atoms with E-state index >= 15 is 0 Å². The van der Waals surface area contributed by atoms with Crippen molar-refractivity contribution in [1.29, 1.82) is 0 Å². The Bertz CT molecular complexity index is 1920. The number of fused-ring (bicyclic) bond motifs is 1. The number of carbonyl (C=O) groups excluding carboxylic acids is 1. The number of rotatable bonds is 7. The van der Waals surface area contributed by atoms with Gasteiger partial charge in [0.2, 0.25) is 0 Å². The van der Waals surface area contributed by atoms with E-state index in [2.05, 4.69) is 50.2 Å². The van der Waals surface area contributed by atoms with E-state index < -0.39 is 12.0 Å². The van der Waals surface area contributed by atoms with Crippen LogP contribution in [0.2, 0.25) is 10.0 Å². The first-order valence-corrected chi connectivity index (χ1v) is 16.6. The smallest absolute Gasteiger partial charge is 0.338 e. The highest BCUT2D eigenvalue weighted by atomic mass is 127. The van der Waals surface area contributed by atoms with Crippen molar-refractivity contribution in [3.05, 3.63) is 125 Å². The third kappa shape index (κ3) is 6.50. The predicted octanol–water partition coefficient (Wildman–Crippen LogP) is 7.20. The van der Waals surface area contributed by atoms with Crippen molar-refractivity contribution in [3.63, 3.8) is 0 Å². The summed E-state index contributed by atoms with van der Waals surface area (Å²) in [7, 11) is 0. The Balaban J connectivity index is 1.64. The van der Waals surface area contributed by atoms with Crippen LogP contribution >= 0.6 is 79.7 Å². The van der Waals surface area contributed by atoms with Gasteiger partial charge in [-0.3, -0.25) is 9.36 Å². The molecular weight excluding hydrogens is 821 g/mol. The Hall–Kier alpha value is -2.19. The van der Waals surface area contributed by atoms with E-state index in [1.807, 2.05) is 55.5 Å². The fourth-order valence-electron chi connectivity index (χ4n) is 4.63. The molecule has 42 heavy (non-hydrogen) atoms. The minimum absolute atomic E-state index is 0.218. The lowest BCUT2D eigenvalue weighted by Crippen LogP contribution is -2.39. The van der Waals surface area contributed by atoms with Crippen molar-refractivity contribution < 1.29 is 14.3 Å². The quantitative estimate of drug-likeness (QED) is 0.146. The lowest BCUT2D eigenvalue weighted by atomic mass is 9.95. The normalized spacial score (nSPS) is 14.9. The van der Waals surface area contributed by atoms with Gasteiger partial charge in [-0.1, -0.05) is 70.4 Å². The molecule has 11 heteroatoms. The number of hydrogen-bond acceptors (Lipinski definition) is 6. The number of esters is 1. The molecule has 1 atom stereocenters. The summed E-state index contributed by atoms with van der Waals surface area (Å²) in [6, 6.07) is 16.4. The van der Waals surface area contributed by atoms with Crippen molar-refractivity contribution in [2.75, 3.05) is 6.61 Å². The molecule has 0 saturated heterocycles. The van der Waals surface area contributed by atoms with Gasteiger partial charge in [-0.2, -0.15) is 0 Å². The van der Waals surface area contributed by atoms with E-state index in [0.29, 0.717) is 36.4 Å². The van der Waals surface area contributed by atoms with Crippen molar-refractivity contribution >= 4 is 91.8 Å². The molecular formula is C31H24Cl2I2N2O4S. The molecule has 2 heterocycles. The summed E-state index contributed by atoms with van der Waals surface area (Å²) in [4.78, 5) is 32.4. The molecule has 1 aliphatic heterocycles. The molecule has 1 aliphatic rings. The molecule has 1 aromatic heterocycles. The highest BCUT2D eigenvalue weighted by Gasteiger charge is 2.33. The second-order valence-electron chi connectivity index (χ2n) is 9.54. The predicted molar refractivity (Wildman–Crippen MR) is 184 cm³/mol. The van der Waals surface area contributed by atoms with Gasteiger partial charge in [0, 0.05) is 24.7 Å². The summed E-state index contributed by atoms with van der Waals surface area (Å²) < 4.78 is 15.6. The highest BCUT2D eigenvalue weighted by Crippen LogP contribution is 2.33. The Kier molecular flexibility index (Phi) is 9.83. The van der Waals surface area contributed by atoms with Gasteiger partial charge in [0.05, 0.1) is 32.0 Å². The molecule has 4 aromatic rings. The van der Waals surface area contributed by atoms with Crippen LogP contribution in [0, 0.1) is 14.1 Å². The standard InChI is InChI=1S/C31H24Cl2I2N2O4S/c1-4-40-30(39)26-17(3)36-31-37(27(26)18-7-5-16(2)6-8-18)29(38)25(42-31)12-20-11-22(34)14-24(35)28(20)41-15-19-9-10-21(32)13-23(19)33/h5-14,27H,4,15H2,1-3H3/b25-12-/t27-/m1/s1. The minimum atomic E-state index is -0.665. The Labute approximate surface area is 284 Å². The zero-order valence-electron chi connectivity index (χ0n) is 22.7. The maximum atomic E-state index is 14.1. The first-order valence-electron chi connectivity index (χ1n) is 12.9. The number of halogens is 4. The molecule has 216 valence electrons. The molecule has 3 aromatic carbocycles. The number of ether oxygens (including phenoxy) is 2. The Morgan fingerprint density at radius 3 is 2.52 bits per heavy atom. The zero-order valence-corrected chi connectivity index (χ0v) is 29.4. The molecule has 0 bridgehead atoms. The first kappa shape index (κ1) is 31.2. The molecule has 0 unspecified atom stereocenters. The largest absolute Gasteiger partial charge is 0.487 e. The summed E-state index contributed by atoms with van der Waals surface area (Å²) in [6.07, 6.45) is 1.82. The minimum Gasteiger partial charge on any atom is -0.487 e. The number of aromatic nitrogens is 1. The van der Waals surface area contributed by atoms with Crippen molar-refractivity contribution in [2.45, 2.75) is 33.4 Å². The maximum Gasteiger partial charge on any atom is 0.338 e. The third-order valence-corrected chi connectivity index (χ3v) is 9.61. The van der Waals surface area contributed by atoms with Crippen LogP contribution in [0.5, 0.6) is 5.75 Å². The maximum absolute atomic E-state index is 14.1. The van der Waals surface area contributed by atoms with Crippen LogP contribution in [-0.2, 0) is 16.1 Å². The molecule has 0 aliphatic carbocycles. The van der Waals surface area contributed by atoms with Crippen LogP contribution in [0.3, 0.4) is 0 Å². The second kappa shape index (κ2) is 13.2. The molecule has 0 N–H and O–H groups in total. The van der Waals surface area contributed by atoms with Crippen LogP contribution < -0.4 is 19.6 Å². The number of aryl methyl sites for hydroxylation is 1. The molecule has 0 spiro atoms.